The van der Waals surface area contributed by atoms with E-state index in [-0.39, 0.29) is 0 Å². The molecule has 0 spiro atoms. The first-order chi connectivity index (χ1) is 16.6. The molecule has 176 valence electrons. The highest BCUT2D eigenvalue weighted by molar-refractivity contribution is 6.30. The van der Waals surface area contributed by atoms with Crippen LogP contribution in [0, 0.1) is 12.8 Å². The Hall–Kier alpha value is -2.78. The molecule has 4 heteroatoms. The second kappa shape index (κ2) is 10.2. The van der Waals surface area contributed by atoms with Gasteiger partial charge in [0, 0.05) is 11.6 Å². The quantitative estimate of drug-likeness (QED) is 0.259. The molecular weight excluding hydrogens is 440 g/mol. The maximum atomic E-state index is 6.08. The number of aromatic nitrogens is 2. The molecule has 3 aromatic carbocycles. The van der Waals surface area contributed by atoms with Gasteiger partial charge < -0.3 is 9.30 Å². The van der Waals surface area contributed by atoms with Gasteiger partial charge in [-0.05, 0) is 97.9 Å². The lowest BCUT2D eigenvalue weighted by Gasteiger charge is -2.28. The van der Waals surface area contributed by atoms with Gasteiger partial charge in [0.15, 0.2) is 0 Å². The summed E-state index contributed by atoms with van der Waals surface area (Å²) in [5.41, 5.74) is 6.62. The molecule has 3 nitrogen and oxygen atoms in total. The molecule has 0 radical (unpaired) electrons. The molecule has 1 aromatic heterocycles. The molecule has 1 heterocycles. The number of ether oxygens (including phenoxy) is 1. The van der Waals surface area contributed by atoms with E-state index < -0.39 is 0 Å². The zero-order valence-electron chi connectivity index (χ0n) is 20.1. The molecule has 1 aliphatic carbocycles. The van der Waals surface area contributed by atoms with Crippen molar-refractivity contribution in [3.63, 3.8) is 0 Å². The maximum absolute atomic E-state index is 6.08. The van der Waals surface area contributed by atoms with Gasteiger partial charge in [0.2, 0.25) is 0 Å². The zero-order valence-corrected chi connectivity index (χ0v) is 20.9. The van der Waals surface area contributed by atoms with E-state index in [1.807, 2.05) is 24.3 Å². The summed E-state index contributed by atoms with van der Waals surface area (Å²) in [5, 5.41) is 0.713. The van der Waals surface area contributed by atoms with Crippen molar-refractivity contribution < 1.29 is 4.74 Å². The van der Waals surface area contributed by atoms with E-state index >= 15 is 0 Å². The number of para-hydroxylation sites is 1. The van der Waals surface area contributed by atoms with Gasteiger partial charge in [0.25, 0.3) is 0 Å². The van der Waals surface area contributed by atoms with Crippen LogP contribution in [0.15, 0.2) is 66.7 Å². The first-order valence-electron chi connectivity index (χ1n) is 12.5. The fourth-order valence-corrected chi connectivity index (χ4v) is 5.55. The molecule has 5 rings (SSSR count). The van der Waals surface area contributed by atoms with Gasteiger partial charge in [-0.1, -0.05) is 54.9 Å². The third-order valence-electron chi connectivity index (χ3n) is 7.27. The van der Waals surface area contributed by atoms with Crippen molar-refractivity contribution in [3.05, 3.63) is 94.3 Å². The Morgan fingerprint density at radius 1 is 1.06 bits per heavy atom. The zero-order chi connectivity index (χ0) is 23.5. The van der Waals surface area contributed by atoms with Crippen molar-refractivity contribution >= 4 is 22.6 Å². The lowest BCUT2D eigenvalue weighted by molar-refractivity contribution is 0.287. The van der Waals surface area contributed by atoms with Crippen molar-refractivity contribution in [2.24, 2.45) is 5.92 Å². The second-order valence-electron chi connectivity index (χ2n) is 9.78. The molecule has 0 saturated heterocycles. The number of halogens is 1. The van der Waals surface area contributed by atoms with Crippen molar-refractivity contribution in [3.8, 4) is 5.75 Å². The van der Waals surface area contributed by atoms with Crippen LogP contribution in [0.1, 0.15) is 61.0 Å². The number of imidazole rings is 1. The minimum atomic E-state index is 0.445. The van der Waals surface area contributed by atoms with Crippen molar-refractivity contribution in [2.75, 3.05) is 0 Å². The standard InChI is InChI=1S/C30H33ClN2O/c1-21(19-24-10-6-9-23-8-3-4-11-27(23)24)17-18-33-28-12-5-7-22(2)30(28)32-29(33)20-34-26-15-13-25(31)14-16-26/h3-5,7-8,11-16,21,24H,6,9-10,17-20H2,1-2H3. The fraction of sp³-hybridized carbons (Fsp3) is 0.367. The predicted octanol–water partition coefficient (Wildman–Crippen LogP) is 8.11. The Labute approximate surface area is 207 Å². The Morgan fingerprint density at radius 3 is 2.74 bits per heavy atom. The summed E-state index contributed by atoms with van der Waals surface area (Å²) >= 11 is 6.02. The normalized spacial score (nSPS) is 16.4. The minimum Gasteiger partial charge on any atom is -0.486 e. The molecule has 1 aliphatic rings. The summed E-state index contributed by atoms with van der Waals surface area (Å²) in [7, 11) is 0. The van der Waals surface area contributed by atoms with Crippen LogP contribution in [0.5, 0.6) is 5.75 Å². The Kier molecular flexibility index (Phi) is 6.92. The van der Waals surface area contributed by atoms with E-state index in [9.17, 15) is 0 Å². The van der Waals surface area contributed by atoms with Crippen LogP contribution < -0.4 is 4.74 Å². The van der Waals surface area contributed by atoms with Crippen LogP contribution >= 0.6 is 11.6 Å². The van der Waals surface area contributed by atoms with Crippen LogP contribution in [-0.4, -0.2) is 9.55 Å². The lowest BCUT2D eigenvalue weighted by Crippen LogP contribution is -2.15. The van der Waals surface area contributed by atoms with Crippen LogP contribution in [0.4, 0.5) is 0 Å². The van der Waals surface area contributed by atoms with Gasteiger partial charge in [0.05, 0.1) is 11.0 Å². The number of hydrogen-bond donors (Lipinski definition) is 0. The average Bonchev–Trinajstić information content (AvgIpc) is 3.21. The molecule has 2 atom stereocenters. The van der Waals surface area contributed by atoms with E-state index in [0.717, 1.165) is 30.1 Å². The van der Waals surface area contributed by atoms with Gasteiger partial charge in [-0.15, -0.1) is 0 Å². The number of hydrogen-bond acceptors (Lipinski definition) is 2. The second-order valence-corrected chi connectivity index (χ2v) is 10.2. The van der Waals surface area contributed by atoms with Crippen LogP contribution in [0.2, 0.25) is 5.02 Å². The summed E-state index contributed by atoms with van der Waals surface area (Å²) in [6.45, 7) is 5.94. The van der Waals surface area contributed by atoms with E-state index in [0.29, 0.717) is 23.5 Å². The summed E-state index contributed by atoms with van der Waals surface area (Å²) in [5.74, 6) is 3.12. The topological polar surface area (TPSA) is 27.1 Å². The third kappa shape index (κ3) is 5.00. The molecule has 34 heavy (non-hydrogen) atoms. The van der Waals surface area contributed by atoms with Crippen molar-refractivity contribution in [2.45, 2.75) is 65.0 Å². The largest absolute Gasteiger partial charge is 0.486 e. The van der Waals surface area contributed by atoms with Crippen LogP contribution in [0.3, 0.4) is 0 Å². The smallest absolute Gasteiger partial charge is 0.148 e. The van der Waals surface area contributed by atoms with E-state index in [1.54, 1.807) is 11.1 Å². The number of rotatable bonds is 8. The molecule has 0 aliphatic heterocycles. The molecule has 0 saturated carbocycles. The highest BCUT2D eigenvalue weighted by atomic mass is 35.5. The Balaban J connectivity index is 1.31. The fourth-order valence-electron chi connectivity index (χ4n) is 5.43. The molecular formula is C30H33ClN2O. The van der Waals surface area contributed by atoms with E-state index in [2.05, 4.69) is 60.9 Å². The minimum absolute atomic E-state index is 0.445. The molecule has 2 unspecified atom stereocenters. The van der Waals surface area contributed by atoms with Gasteiger partial charge in [-0.3, -0.25) is 0 Å². The van der Waals surface area contributed by atoms with Crippen molar-refractivity contribution in [1.82, 2.24) is 9.55 Å². The number of nitrogens with zero attached hydrogens (tertiary/aromatic N) is 2. The molecule has 0 fully saturated rings. The summed E-state index contributed by atoms with van der Waals surface area (Å²) in [6, 6.07) is 23.0. The molecule has 4 aromatic rings. The van der Waals surface area contributed by atoms with E-state index in [1.165, 1.54) is 36.8 Å². The van der Waals surface area contributed by atoms with E-state index in [4.69, 9.17) is 21.3 Å². The summed E-state index contributed by atoms with van der Waals surface area (Å²) in [6.07, 6.45) is 6.24. The SMILES string of the molecule is Cc1cccc2c1nc(COc1ccc(Cl)cc1)n2CCC(C)CC1CCCc2ccccc21. The highest BCUT2D eigenvalue weighted by Gasteiger charge is 2.22. The number of aryl methyl sites for hydroxylation is 3. The first-order valence-corrected chi connectivity index (χ1v) is 12.9. The van der Waals surface area contributed by atoms with Gasteiger partial charge in [-0.2, -0.15) is 0 Å². The Morgan fingerprint density at radius 2 is 1.88 bits per heavy atom. The lowest BCUT2D eigenvalue weighted by atomic mass is 9.78. The summed E-state index contributed by atoms with van der Waals surface area (Å²) in [4.78, 5) is 4.98. The number of fused-ring (bicyclic) bond motifs is 2. The van der Waals surface area contributed by atoms with Gasteiger partial charge >= 0.3 is 0 Å². The monoisotopic (exact) mass is 472 g/mol. The molecule has 0 N–H and O–H groups in total. The van der Waals surface area contributed by atoms with Gasteiger partial charge in [-0.25, -0.2) is 4.98 Å². The van der Waals surface area contributed by atoms with Crippen molar-refractivity contribution in [1.29, 1.82) is 0 Å². The predicted molar refractivity (Wildman–Crippen MR) is 141 cm³/mol. The molecule has 0 bridgehead atoms. The Bertz CT molecular complexity index is 1260. The van der Waals surface area contributed by atoms with Gasteiger partial charge in [0.1, 0.15) is 18.2 Å². The third-order valence-corrected chi connectivity index (χ3v) is 7.52. The van der Waals surface area contributed by atoms with Crippen LogP contribution in [0.25, 0.3) is 11.0 Å². The van der Waals surface area contributed by atoms with Crippen LogP contribution in [-0.2, 0) is 19.6 Å². The average molecular weight is 473 g/mol. The summed E-state index contributed by atoms with van der Waals surface area (Å²) < 4.78 is 8.45. The first kappa shape index (κ1) is 23.0. The highest BCUT2D eigenvalue weighted by Crippen LogP contribution is 2.36. The maximum Gasteiger partial charge on any atom is 0.148 e. The molecule has 0 amide bonds. The number of benzene rings is 3.